The average Bonchev–Trinajstić information content (AvgIpc) is 4.05. The van der Waals surface area contributed by atoms with Crippen LogP contribution < -0.4 is 20.8 Å². The third kappa shape index (κ3) is 9.84. The minimum absolute atomic E-state index is 0.0683. The lowest BCUT2D eigenvalue weighted by Gasteiger charge is -2.30. The van der Waals surface area contributed by atoms with Crippen molar-refractivity contribution in [1.29, 1.82) is 0 Å². The van der Waals surface area contributed by atoms with Gasteiger partial charge >= 0.3 is 12.2 Å². The minimum Gasteiger partial charge on any atom is -0.488 e. The van der Waals surface area contributed by atoms with Gasteiger partial charge in [-0.2, -0.15) is 4.79 Å². The van der Waals surface area contributed by atoms with Crippen molar-refractivity contribution < 1.29 is 52.6 Å². The molecule has 4 heterocycles. The molecule has 1 unspecified atom stereocenters. The Bertz CT molecular complexity index is 2520. The van der Waals surface area contributed by atoms with Gasteiger partial charge < -0.3 is 54.3 Å². The highest BCUT2D eigenvalue weighted by molar-refractivity contribution is 6.07. The molecule has 65 heavy (non-hydrogen) atoms. The van der Waals surface area contributed by atoms with Crippen molar-refractivity contribution in [2.75, 3.05) is 55.2 Å². The van der Waals surface area contributed by atoms with Gasteiger partial charge in [-0.25, -0.2) is 9.78 Å². The largest absolute Gasteiger partial charge is 0.594 e. The summed E-state index contributed by atoms with van der Waals surface area (Å²) in [6.07, 6.45) is 3.54. The number of hydrogen-bond acceptors (Lipinski definition) is 13. The van der Waals surface area contributed by atoms with E-state index >= 15 is 0 Å². The van der Waals surface area contributed by atoms with E-state index in [4.69, 9.17) is 39.1 Å². The van der Waals surface area contributed by atoms with Crippen molar-refractivity contribution in [2.24, 2.45) is 28.5 Å². The zero-order chi connectivity index (χ0) is 46.5. The smallest absolute Gasteiger partial charge is 0.488 e. The van der Waals surface area contributed by atoms with Crippen LogP contribution in [0.4, 0.5) is 9.59 Å². The van der Waals surface area contributed by atoms with Crippen LogP contribution >= 0.6 is 0 Å². The van der Waals surface area contributed by atoms with E-state index in [1.54, 1.807) is 38.3 Å². The first-order valence-electron chi connectivity index (χ1n) is 21.7. The number of nitrogens with two attached hydrogens (primary N) is 1. The quantitative estimate of drug-likeness (QED) is 0.133. The lowest BCUT2D eigenvalue weighted by molar-refractivity contribution is -0.364. The molecule has 0 bridgehead atoms. The van der Waals surface area contributed by atoms with Gasteiger partial charge in [0.05, 0.1) is 68.0 Å². The number of likely N-dealkylation sites (tertiary alicyclic amines) is 2. The fourth-order valence-corrected chi connectivity index (χ4v) is 9.04. The van der Waals surface area contributed by atoms with Crippen LogP contribution in [0.15, 0.2) is 53.7 Å². The number of amides is 4. The summed E-state index contributed by atoms with van der Waals surface area (Å²) in [6.45, 7) is 7.34. The molecule has 2 fully saturated rings. The Morgan fingerprint density at radius 3 is 2.48 bits per heavy atom. The van der Waals surface area contributed by atoms with E-state index in [9.17, 15) is 19.2 Å². The van der Waals surface area contributed by atoms with Crippen LogP contribution in [0.1, 0.15) is 56.6 Å². The van der Waals surface area contributed by atoms with Crippen molar-refractivity contribution in [3.63, 3.8) is 0 Å². The highest BCUT2D eigenvalue weighted by atomic mass is 16.5. The van der Waals surface area contributed by atoms with Crippen molar-refractivity contribution in [3.8, 4) is 16.9 Å². The number of nitrogens with zero attached hydrogens (tertiary/aromatic N) is 4. The lowest BCUT2D eigenvalue weighted by Crippen LogP contribution is -2.75. The molecule has 0 aliphatic carbocycles. The Hall–Kier alpha value is -6.37. The predicted octanol–water partition coefficient (Wildman–Crippen LogP) is 3.70. The summed E-state index contributed by atoms with van der Waals surface area (Å²) in [7, 11) is 7.14. The Morgan fingerprint density at radius 1 is 0.969 bits per heavy atom. The number of aromatic amines is 1. The van der Waals surface area contributed by atoms with Crippen molar-refractivity contribution >= 4 is 63.9 Å². The van der Waals surface area contributed by atoms with Gasteiger partial charge in [0.1, 0.15) is 30.1 Å². The van der Waals surface area contributed by atoms with Crippen LogP contribution in [0.5, 0.6) is 5.75 Å². The number of aliphatic imine (C=N–C) groups is 1. The molecule has 0 spiro atoms. The van der Waals surface area contributed by atoms with Gasteiger partial charge in [-0.05, 0) is 78.9 Å². The van der Waals surface area contributed by atoms with E-state index in [-0.39, 0.29) is 35.7 Å². The molecule has 3 aliphatic heterocycles. The highest BCUT2D eigenvalue weighted by Crippen LogP contribution is 2.43. The molecule has 7 rings (SSSR count). The Labute approximate surface area is 377 Å². The fraction of sp³-hybridized carbons (Fsp3) is 0.468. The number of nitrogens with one attached hydrogen (secondary N) is 3. The molecule has 0 saturated carbocycles. The van der Waals surface area contributed by atoms with E-state index in [2.05, 4.69) is 39.3 Å². The number of H-pyrrole nitrogens is 1. The summed E-state index contributed by atoms with van der Waals surface area (Å²) in [6, 6.07) is 12.5. The van der Waals surface area contributed by atoms with E-state index in [0.717, 1.165) is 49.8 Å². The van der Waals surface area contributed by atoms with Crippen LogP contribution in [0, 0.1) is 17.8 Å². The lowest BCUT2D eigenvalue weighted by atomic mass is 9.92. The Kier molecular flexibility index (Phi) is 14.5. The number of fused-ring (bicyclic) bond motifs is 6. The number of alkyl carbamates (subject to hydrolysis) is 1. The summed E-state index contributed by atoms with van der Waals surface area (Å²) in [5.41, 5.74) is 12.3. The van der Waals surface area contributed by atoms with Crippen LogP contribution in [0.25, 0.3) is 38.6 Å². The molecule has 8 atom stereocenters. The van der Waals surface area contributed by atoms with Crippen LogP contribution in [0.3, 0.4) is 0 Å². The van der Waals surface area contributed by atoms with Crippen molar-refractivity contribution in [2.45, 2.75) is 70.6 Å². The summed E-state index contributed by atoms with van der Waals surface area (Å²) < 4.78 is 32.2. The Balaban J connectivity index is 1.11. The zero-order valence-corrected chi connectivity index (χ0v) is 38.1. The minimum atomic E-state index is -0.963. The normalized spacial score (nSPS) is 21.6. The number of carbonyl (C=O) groups excluding carboxylic acids is 4. The maximum absolute atomic E-state index is 14.1. The first-order chi connectivity index (χ1) is 31.3. The Morgan fingerprint density at radius 2 is 1.75 bits per heavy atom. The second kappa shape index (κ2) is 20.2. The standard InChI is InChI=1S/C47H58N8O10/c1-25-13-39(55(21-25)44(56)36(26(2)61-5)19-50-46(58)63-7)43-51-38-12-10-29-16-35-33-11-9-30(15-31(33)24-65-40(35)17-34(29)42(38)52-43)37(48)20-49-18-32-14-28(23-60-4)22-54(32)45(57)41(27(3)62-6)53-47(59)64-8/h9-12,15-20,25-28,32,36,39,41H,13-14,21-24,48H2,1-8H3,(H,51,52)(H,53,59)/p+1/b37-20-,49-18?,50-19-/t25-,26+,27+,28-,32-,36?,39-,41-/m0/s1. The molecule has 1 aromatic heterocycles. The number of hydrogen-bond donors (Lipinski definition) is 4. The molecule has 2 saturated heterocycles. The molecule has 4 aromatic rings. The number of imidazole rings is 1. The summed E-state index contributed by atoms with van der Waals surface area (Å²) in [5.74, 6) is 0.466. The van der Waals surface area contributed by atoms with Gasteiger partial charge in [-0.15, -0.1) is 4.99 Å². The SMILES string of the molecule is COC[C@H]1C[C@@H](C=N/C=C(\N)c2ccc3c(c2)COc2cc4c(ccc5[nH]c([C@@H]6C[C@H](C)CN6C(=O)C(/C=[NH+]\C(=O)OC)[C@@H](C)OC)nc54)cc2-3)N(C(=O)[C@@H](NC(=O)OC)[C@@H](C)OC)C1. The molecule has 18 heteroatoms. The van der Waals surface area contributed by atoms with Gasteiger partial charge in [0.15, 0.2) is 6.21 Å². The molecule has 4 amide bonds. The average molecular weight is 896 g/mol. The van der Waals surface area contributed by atoms with Crippen molar-refractivity contribution in [3.05, 3.63) is 65.6 Å². The first kappa shape index (κ1) is 46.6. The topological polar surface area (TPSA) is 223 Å². The summed E-state index contributed by atoms with van der Waals surface area (Å²) >= 11 is 0. The molecule has 18 nitrogen and oxygen atoms in total. The van der Waals surface area contributed by atoms with Crippen molar-refractivity contribution in [1.82, 2.24) is 25.1 Å². The molecule has 5 N–H and O–H groups in total. The number of ether oxygens (including phenoxy) is 6. The van der Waals surface area contributed by atoms with Gasteiger partial charge in [0.25, 0.3) is 0 Å². The molecular formula is C47H59N8O10+. The number of carbonyl (C=O) groups is 4. The van der Waals surface area contributed by atoms with Crippen LogP contribution in [-0.2, 0) is 39.9 Å². The number of benzene rings is 3. The fourth-order valence-electron chi connectivity index (χ4n) is 9.04. The summed E-state index contributed by atoms with van der Waals surface area (Å²) in [5, 5.41) is 4.50. The van der Waals surface area contributed by atoms with Gasteiger partial charge in [-0.3, -0.25) is 14.6 Å². The van der Waals surface area contributed by atoms with E-state index < -0.39 is 36.4 Å². The third-order valence-electron chi connectivity index (χ3n) is 12.7. The third-order valence-corrected chi connectivity index (χ3v) is 12.7. The maximum atomic E-state index is 14.1. The van der Waals surface area contributed by atoms with E-state index in [0.29, 0.717) is 50.7 Å². The highest BCUT2D eigenvalue weighted by Gasteiger charge is 2.42. The van der Waals surface area contributed by atoms with E-state index in [1.165, 1.54) is 34.7 Å². The van der Waals surface area contributed by atoms with E-state index in [1.807, 2.05) is 35.2 Å². The molecular weight excluding hydrogens is 837 g/mol. The monoisotopic (exact) mass is 895 g/mol. The summed E-state index contributed by atoms with van der Waals surface area (Å²) in [4.78, 5) is 71.1. The maximum Gasteiger partial charge on any atom is 0.594 e. The van der Waals surface area contributed by atoms with Gasteiger partial charge in [0.2, 0.25) is 11.8 Å². The molecule has 0 radical (unpaired) electrons. The van der Waals surface area contributed by atoms with Gasteiger partial charge in [-0.1, -0.05) is 25.1 Å². The molecule has 346 valence electrons. The van der Waals surface area contributed by atoms with Crippen LogP contribution in [-0.4, -0.2) is 136 Å². The number of methoxy groups -OCH3 is 5. The first-order valence-corrected chi connectivity index (χ1v) is 21.7. The second-order valence-electron chi connectivity index (χ2n) is 17.0. The number of aromatic nitrogens is 2. The zero-order valence-electron chi connectivity index (χ0n) is 38.1. The molecule has 3 aliphatic rings. The second-order valence-corrected chi connectivity index (χ2v) is 17.0. The van der Waals surface area contributed by atoms with Crippen LogP contribution in [0.2, 0.25) is 0 Å². The molecule has 3 aromatic carbocycles. The van der Waals surface area contributed by atoms with Gasteiger partial charge in [0, 0.05) is 57.5 Å². The predicted molar refractivity (Wildman–Crippen MR) is 243 cm³/mol. The number of rotatable bonds is 14.